The molecule has 0 aliphatic carbocycles. The Hall–Kier alpha value is -1.72. The molecule has 5 heteroatoms. The zero-order valence-corrected chi connectivity index (χ0v) is 10.3. The number of benzene rings is 1. The minimum atomic E-state index is -0.156. The van der Waals surface area contributed by atoms with E-state index < -0.39 is 0 Å². The molecule has 0 saturated heterocycles. The molecule has 5 nitrogen and oxygen atoms in total. The van der Waals surface area contributed by atoms with Gasteiger partial charge in [-0.2, -0.15) is 5.10 Å². The molecular formula is C12H17N5. The average Bonchev–Trinajstić information content (AvgIpc) is 2.80. The third-order valence-electron chi connectivity index (χ3n) is 3.07. The number of hydrogen-bond acceptors (Lipinski definition) is 4. The van der Waals surface area contributed by atoms with Crippen LogP contribution in [-0.2, 0) is 0 Å². The summed E-state index contributed by atoms with van der Waals surface area (Å²) >= 11 is 0. The smallest absolute Gasteiger partial charge is 0.147 e. The van der Waals surface area contributed by atoms with E-state index in [9.17, 15) is 0 Å². The van der Waals surface area contributed by atoms with Crippen molar-refractivity contribution in [3.8, 4) is 0 Å². The van der Waals surface area contributed by atoms with Gasteiger partial charge in [-0.1, -0.05) is 12.1 Å². The Bertz CT molecular complexity index is 504. The first kappa shape index (κ1) is 11.8. The molecule has 0 radical (unpaired) electrons. The molecule has 1 heterocycles. The molecule has 0 aliphatic heterocycles. The largest absolute Gasteiger partial charge is 0.270 e. The van der Waals surface area contributed by atoms with Crippen LogP contribution >= 0.6 is 0 Å². The molecule has 17 heavy (non-hydrogen) atoms. The lowest BCUT2D eigenvalue weighted by molar-refractivity contribution is 0.601. The van der Waals surface area contributed by atoms with Crippen LogP contribution in [0.5, 0.6) is 0 Å². The van der Waals surface area contributed by atoms with Crippen molar-refractivity contribution in [2.75, 3.05) is 0 Å². The molecule has 1 unspecified atom stereocenters. The molecule has 0 fully saturated rings. The number of nitrogens with one attached hydrogen (secondary N) is 2. The second-order valence-electron chi connectivity index (χ2n) is 4.26. The number of rotatable bonds is 3. The highest BCUT2D eigenvalue weighted by Gasteiger charge is 2.17. The topological polar surface area (TPSA) is 79.6 Å². The molecule has 4 N–H and O–H groups in total. The summed E-state index contributed by atoms with van der Waals surface area (Å²) in [6, 6.07) is 4.14. The van der Waals surface area contributed by atoms with Crippen molar-refractivity contribution in [3.63, 3.8) is 0 Å². The molecule has 2 aromatic rings. The van der Waals surface area contributed by atoms with Gasteiger partial charge in [0.1, 0.15) is 18.2 Å². The van der Waals surface area contributed by atoms with Crippen molar-refractivity contribution < 1.29 is 0 Å². The van der Waals surface area contributed by atoms with Gasteiger partial charge in [0.2, 0.25) is 0 Å². The quantitative estimate of drug-likeness (QED) is 0.549. The fraction of sp³-hybridized carbons (Fsp3) is 0.333. The number of hydrogen-bond donors (Lipinski definition) is 3. The molecular weight excluding hydrogens is 214 g/mol. The summed E-state index contributed by atoms with van der Waals surface area (Å²) in [6.07, 6.45) is 1.48. The molecule has 0 spiro atoms. The zero-order valence-electron chi connectivity index (χ0n) is 10.3. The van der Waals surface area contributed by atoms with Crippen LogP contribution in [0.2, 0.25) is 0 Å². The normalized spacial score (nSPS) is 12.7. The number of aromatic amines is 1. The van der Waals surface area contributed by atoms with Crippen LogP contribution < -0.4 is 11.3 Å². The second-order valence-corrected chi connectivity index (χ2v) is 4.26. The van der Waals surface area contributed by atoms with Crippen LogP contribution in [0.4, 0.5) is 0 Å². The third-order valence-corrected chi connectivity index (χ3v) is 3.07. The second kappa shape index (κ2) is 4.65. The summed E-state index contributed by atoms with van der Waals surface area (Å²) < 4.78 is 0. The van der Waals surface area contributed by atoms with E-state index in [0.717, 1.165) is 11.4 Å². The van der Waals surface area contributed by atoms with Gasteiger partial charge in [-0.05, 0) is 43.0 Å². The summed E-state index contributed by atoms with van der Waals surface area (Å²) in [6.45, 7) is 6.26. The highest BCUT2D eigenvalue weighted by molar-refractivity contribution is 5.40. The van der Waals surface area contributed by atoms with Crippen LogP contribution in [0.25, 0.3) is 0 Å². The molecule has 0 saturated carbocycles. The van der Waals surface area contributed by atoms with E-state index in [0.29, 0.717) is 0 Å². The summed E-state index contributed by atoms with van der Waals surface area (Å²) in [5.41, 5.74) is 7.60. The van der Waals surface area contributed by atoms with E-state index in [-0.39, 0.29) is 6.04 Å². The van der Waals surface area contributed by atoms with Crippen molar-refractivity contribution >= 4 is 0 Å². The minimum Gasteiger partial charge on any atom is -0.270 e. The monoisotopic (exact) mass is 231 g/mol. The molecule has 1 atom stereocenters. The fourth-order valence-electron chi connectivity index (χ4n) is 1.96. The van der Waals surface area contributed by atoms with Gasteiger partial charge < -0.3 is 0 Å². The number of hydrazine groups is 1. The molecule has 1 aromatic heterocycles. The summed E-state index contributed by atoms with van der Waals surface area (Å²) in [5.74, 6) is 6.34. The highest BCUT2D eigenvalue weighted by Crippen LogP contribution is 2.24. The van der Waals surface area contributed by atoms with Crippen molar-refractivity contribution in [1.82, 2.24) is 20.6 Å². The molecule has 1 aromatic carbocycles. The average molecular weight is 231 g/mol. The maximum atomic E-state index is 5.62. The molecule has 0 bridgehead atoms. The first-order chi connectivity index (χ1) is 8.13. The lowest BCUT2D eigenvalue weighted by Gasteiger charge is -2.17. The van der Waals surface area contributed by atoms with Gasteiger partial charge in [0.25, 0.3) is 0 Å². The van der Waals surface area contributed by atoms with Crippen LogP contribution in [0.3, 0.4) is 0 Å². The van der Waals surface area contributed by atoms with Gasteiger partial charge >= 0.3 is 0 Å². The molecule has 90 valence electrons. The van der Waals surface area contributed by atoms with E-state index in [2.05, 4.69) is 53.5 Å². The number of aryl methyl sites for hydroxylation is 3. The summed E-state index contributed by atoms with van der Waals surface area (Å²) in [4.78, 5) is 4.15. The fourth-order valence-corrected chi connectivity index (χ4v) is 1.96. The van der Waals surface area contributed by atoms with E-state index in [4.69, 9.17) is 5.84 Å². The van der Waals surface area contributed by atoms with Gasteiger partial charge in [-0.3, -0.25) is 10.9 Å². The first-order valence-corrected chi connectivity index (χ1v) is 5.52. The van der Waals surface area contributed by atoms with Gasteiger partial charge in [0, 0.05) is 0 Å². The van der Waals surface area contributed by atoms with Crippen LogP contribution in [0, 0.1) is 20.8 Å². The Morgan fingerprint density at radius 1 is 1.18 bits per heavy atom. The number of nitrogens with zero attached hydrogens (tertiary/aromatic N) is 2. The van der Waals surface area contributed by atoms with Gasteiger partial charge in [0.05, 0.1) is 0 Å². The van der Waals surface area contributed by atoms with Crippen LogP contribution in [-0.4, -0.2) is 15.2 Å². The van der Waals surface area contributed by atoms with E-state index in [1.54, 1.807) is 0 Å². The Morgan fingerprint density at radius 3 is 2.47 bits per heavy atom. The predicted octanol–water partition coefficient (Wildman–Crippen LogP) is 1.28. The van der Waals surface area contributed by atoms with Crippen molar-refractivity contribution in [1.29, 1.82) is 0 Å². The molecule has 0 amide bonds. The summed E-state index contributed by atoms with van der Waals surface area (Å²) in [7, 11) is 0. The molecule has 2 rings (SSSR count). The molecule has 0 aliphatic rings. The van der Waals surface area contributed by atoms with Gasteiger partial charge in [0.15, 0.2) is 0 Å². The Morgan fingerprint density at radius 2 is 1.88 bits per heavy atom. The van der Waals surface area contributed by atoms with Crippen LogP contribution in [0.1, 0.15) is 34.1 Å². The number of H-pyrrole nitrogens is 1. The van der Waals surface area contributed by atoms with E-state index in [1.807, 2.05) is 0 Å². The van der Waals surface area contributed by atoms with Gasteiger partial charge in [-0.15, -0.1) is 0 Å². The minimum absolute atomic E-state index is 0.156. The standard InChI is InChI=1S/C12H17N5/c1-7-4-9(3)10(5-8(7)2)11(16-13)12-14-6-15-17-12/h4-6,11,16H,13H2,1-3H3,(H,14,15,17). The van der Waals surface area contributed by atoms with Crippen LogP contribution in [0.15, 0.2) is 18.5 Å². The Balaban J connectivity index is 2.48. The lowest BCUT2D eigenvalue weighted by atomic mass is 9.96. The van der Waals surface area contributed by atoms with Crippen molar-refractivity contribution in [3.05, 3.63) is 46.5 Å². The first-order valence-electron chi connectivity index (χ1n) is 5.52. The zero-order chi connectivity index (χ0) is 12.4. The SMILES string of the molecule is Cc1cc(C)c(C(NN)c2ncn[nH]2)cc1C. The van der Waals surface area contributed by atoms with E-state index in [1.165, 1.54) is 23.0 Å². The Labute approximate surface area is 100 Å². The lowest BCUT2D eigenvalue weighted by Crippen LogP contribution is -2.30. The van der Waals surface area contributed by atoms with Crippen molar-refractivity contribution in [2.24, 2.45) is 5.84 Å². The van der Waals surface area contributed by atoms with Crippen molar-refractivity contribution in [2.45, 2.75) is 26.8 Å². The summed E-state index contributed by atoms with van der Waals surface area (Å²) in [5, 5.41) is 6.70. The predicted molar refractivity (Wildman–Crippen MR) is 66.2 cm³/mol. The van der Waals surface area contributed by atoms with Gasteiger partial charge in [-0.25, -0.2) is 10.4 Å². The maximum absolute atomic E-state index is 5.62. The number of nitrogens with two attached hydrogens (primary N) is 1. The Kier molecular flexibility index (Phi) is 3.21. The maximum Gasteiger partial charge on any atom is 0.147 e. The third kappa shape index (κ3) is 2.20. The van der Waals surface area contributed by atoms with E-state index >= 15 is 0 Å². The highest BCUT2D eigenvalue weighted by atomic mass is 15.3. The number of aromatic nitrogens is 3.